The Morgan fingerprint density at radius 1 is 1.28 bits per heavy atom. The smallest absolute Gasteiger partial charge is 0.222 e. The molecule has 2 aliphatic carbocycles. The SMILES string of the molecule is CCCC(=O)/C=C/[C@@H]1[C@H]2CC(CCCCC(=O)N(C)C)=C[C@H]2C[C@H]1O. The number of unbranched alkanes of at least 4 members (excludes halogenated alkanes) is 1. The van der Waals surface area contributed by atoms with E-state index in [4.69, 9.17) is 0 Å². The average Bonchev–Trinajstić information content (AvgIpc) is 3.06. The maximum absolute atomic E-state index is 11.7. The number of carbonyl (C=O) groups excluding carboxylic acids is 2. The van der Waals surface area contributed by atoms with Crippen molar-refractivity contribution in [1.29, 1.82) is 0 Å². The van der Waals surface area contributed by atoms with Gasteiger partial charge in [-0.3, -0.25) is 9.59 Å². The van der Waals surface area contributed by atoms with Crippen LogP contribution in [0.25, 0.3) is 0 Å². The molecule has 4 atom stereocenters. The summed E-state index contributed by atoms with van der Waals surface area (Å²) in [5, 5.41) is 10.3. The number of aliphatic hydroxyl groups is 1. The monoisotopic (exact) mass is 347 g/mol. The van der Waals surface area contributed by atoms with Crippen molar-refractivity contribution >= 4 is 11.7 Å². The molecule has 1 fully saturated rings. The molecule has 0 heterocycles. The minimum absolute atomic E-state index is 0.106. The number of nitrogens with zero attached hydrogens (tertiary/aromatic N) is 1. The Morgan fingerprint density at radius 2 is 2.04 bits per heavy atom. The van der Waals surface area contributed by atoms with Crippen molar-refractivity contribution in [2.45, 2.75) is 64.4 Å². The Hall–Kier alpha value is -1.42. The molecule has 0 aromatic rings. The predicted octanol–water partition coefficient (Wildman–Crippen LogP) is 3.50. The summed E-state index contributed by atoms with van der Waals surface area (Å²) in [4.78, 5) is 25.0. The highest BCUT2D eigenvalue weighted by Crippen LogP contribution is 2.48. The zero-order valence-corrected chi connectivity index (χ0v) is 15.9. The summed E-state index contributed by atoms with van der Waals surface area (Å²) in [6.45, 7) is 2.01. The van der Waals surface area contributed by atoms with Crippen molar-refractivity contribution < 1.29 is 14.7 Å². The van der Waals surface area contributed by atoms with Crippen LogP contribution in [0.5, 0.6) is 0 Å². The highest BCUT2D eigenvalue weighted by Gasteiger charge is 2.43. The predicted molar refractivity (Wildman–Crippen MR) is 100 cm³/mol. The van der Waals surface area contributed by atoms with Gasteiger partial charge in [0.1, 0.15) is 0 Å². The molecule has 4 heteroatoms. The third kappa shape index (κ3) is 5.53. The number of allylic oxidation sites excluding steroid dienone is 3. The standard InChI is InChI=1S/C21H33NO3/c1-4-7-17(23)10-11-18-19-13-15(12-16(19)14-20(18)24)8-5-6-9-21(25)22(2)3/h10-12,16,18-20,24H,4-9,13-14H2,1-3H3/b11-10+/t16-,18+,19-,20+/m0/s1. The zero-order chi connectivity index (χ0) is 18.4. The van der Waals surface area contributed by atoms with Gasteiger partial charge < -0.3 is 10.0 Å². The topological polar surface area (TPSA) is 57.6 Å². The first-order valence-electron chi connectivity index (χ1n) is 9.71. The van der Waals surface area contributed by atoms with Crippen molar-refractivity contribution in [2.24, 2.45) is 17.8 Å². The fraction of sp³-hybridized carbons (Fsp3) is 0.714. The first-order chi connectivity index (χ1) is 11.9. The van der Waals surface area contributed by atoms with E-state index >= 15 is 0 Å². The van der Waals surface area contributed by atoms with Crippen LogP contribution in [0.2, 0.25) is 0 Å². The second kappa shape index (κ2) is 9.33. The molecule has 0 radical (unpaired) electrons. The molecule has 4 nitrogen and oxygen atoms in total. The van der Waals surface area contributed by atoms with E-state index in [1.54, 1.807) is 25.1 Å². The largest absolute Gasteiger partial charge is 0.392 e. The number of fused-ring (bicyclic) bond motifs is 1. The summed E-state index contributed by atoms with van der Waals surface area (Å²) in [6.07, 6.45) is 12.6. The maximum atomic E-state index is 11.7. The molecule has 2 aliphatic rings. The van der Waals surface area contributed by atoms with E-state index in [0.29, 0.717) is 24.7 Å². The second-order valence-corrected chi connectivity index (χ2v) is 7.81. The maximum Gasteiger partial charge on any atom is 0.222 e. The molecule has 0 aromatic heterocycles. The Kier molecular flexibility index (Phi) is 7.42. The molecule has 0 aliphatic heterocycles. The van der Waals surface area contributed by atoms with Crippen LogP contribution in [0, 0.1) is 17.8 Å². The van der Waals surface area contributed by atoms with Gasteiger partial charge in [0.2, 0.25) is 5.91 Å². The van der Waals surface area contributed by atoms with Crippen LogP contribution in [0.3, 0.4) is 0 Å². The second-order valence-electron chi connectivity index (χ2n) is 7.81. The van der Waals surface area contributed by atoms with Crippen LogP contribution in [-0.2, 0) is 9.59 Å². The van der Waals surface area contributed by atoms with E-state index in [1.165, 1.54) is 5.57 Å². The molecule has 0 unspecified atom stereocenters. The Morgan fingerprint density at radius 3 is 2.72 bits per heavy atom. The fourth-order valence-electron chi connectivity index (χ4n) is 4.19. The Bertz CT molecular complexity index is 535. The first kappa shape index (κ1) is 19.9. The van der Waals surface area contributed by atoms with E-state index in [1.807, 2.05) is 13.0 Å². The van der Waals surface area contributed by atoms with Crippen molar-refractivity contribution in [3.8, 4) is 0 Å². The minimum Gasteiger partial charge on any atom is -0.392 e. The highest BCUT2D eigenvalue weighted by atomic mass is 16.3. The van der Waals surface area contributed by atoms with Crippen molar-refractivity contribution in [3.63, 3.8) is 0 Å². The summed E-state index contributed by atoms with van der Waals surface area (Å²) in [6, 6.07) is 0. The number of hydrogen-bond acceptors (Lipinski definition) is 3. The van der Waals surface area contributed by atoms with Crippen molar-refractivity contribution in [3.05, 3.63) is 23.8 Å². The summed E-state index contributed by atoms with van der Waals surface area (Å²) in [5.41, 5.74) is 1.47. The molecule has 0 spiro atoms. The number of amides is 1. The van der Waals surface area contributed by atoms with Crippen molar-refractivity contribution in [2.75, 3.05) is 14.1 Å². The fourth-order valence-corrected chi connectivity index (χ4v) is 4.19. The van der Waals surface area contributed by atoms with Crippen LogP contribution in [0.4, 0.5) is 0 Å². The van der Waals surface area contributed by atoms with Gasteiger partial charge in [-0.25, -0.2) is 0 Å². The molecule has 25 heavy (non-hydrogen) atoms. The van der Waals surface area contributed by atoms with Crippen LogP contribution >= 0.6 is 0 Å². The summed E-state index contributed by atoms with van der Waals surface area (Å²) < 4.78 is 0. The number of rotatable bonds is 9. The van der Waals surface area contributed by atoms with Crippen molar-refractivity contribution in [1.82, 2.24) is 4.90 Å². The number of aliphatic hydroxyl groups excluding tert-OH is 1. The minimum atomic E-state index is -0.323. The normalized spacial score (nSPS) is 28.2. The van der Waals surface area contributed by atoms with E-state index in [2.05, 4.69) is 6.08 Å². The summed E-state index contributed by atoms with van der Waals surface area (Å²) in [7, 11) is 3.60. The molecular formula is C21H33NO3. The molecule has 2 rings (SSSR count). The van der Waals surface area contributed by atoms with Gasteiger partial charge in [-0.2, -0.15) is 0 Å². The van der Waals surface area contributed by atoms with E-state index in [0.717, 1.165) is 38.5 Å². The van der Waals surface area contributed by atoms with Crippen LogP contribution in [-0.4, -0.2) is 41.9 Å². The third-order valence-electron chi connectivity index (χ3n) is 5.59. The van der Waals surface area contributed by atoms with Gasteiger partial charge in [-0.15, -0.1) is 0 Å². The van der Waals surface area contributed by atoms with Gasteiger partial charge in [0.25, 0.3) is 0 Å². The lowest BCUT2D eigenvalue weighted by molar-refractivity contribution is -0.128. The van der Waals surface area contributed by atoms with Crippen LogP contribution < -0.4 is 0 Å². The van der Waals surface area contributed by atoms with Gasteiger partial charge in [0, 0.05) is 32.9 Å². The molecule has 0 aromatic carbocycles. The lowest BCUT2D eigenvalue weighted by Crippen LogP contribution is -2.21. The van der Waals surface area contributed by atoms with Gasteiger partial charge in [0.15, 0.2) is 5.78 Å². The molecule has 0 bridgehead atoms. The molecule has 140 valence electrons. The van der Waals surface area contributed by atoms with Crippen LogP contribution in [0.15, 0.2) is 23.8 Å². The molecule has 1 saturated carbocycles. The summed E-state index contributed by atoms with van der Waals surface area (Å²) >= 11 is 0. The first-order valence-corrected chi connectivity index (χ1v) is 9.71. The highest BCUT2D eigenvalue weighted by molar-refractivity contribution is 5.89. The van der Waals surface area contributed by atoms with Crippen LogP contribution in [0.1, 0.15) is 58.3 Å². The molecule has 1 N–H and O–H groups in total. The third-order valence-corrected chi connectivity index (χ3v) is 5.59. The van der Waals surface area contributed by atoms with Gasteiger partial charge >= 0.3 is 0 Å². The van der Waals surface area contributed by atoms with E-state index in [9.17, 15) is 14.7 Å². The molecule has 1 amide bonds. The van der Waals surface area contributed by atoms with E-state index < -0.39 is 0 Å². The average molecular weight is 347 g/mol. The lowest BCUT2D eigenvalue weighted by Gasteiger charge is -2.18. The Balaban J connectivity index is 1.79. The quantitative estimate of drug-likeness (QED) is 0.394. The van der Waals surface area contributed by atoms with Gasteiger partial charge in [-0.1, -0.05) is 24.6 Å². The number of carbonyl (C=O) groups is 2. The zero-order valence-electron chi connectivity index (χ0n) is 15.9. The molecule has 0 saturated heterocycles. The lowest BCUT2D eigenvalue weighted by atomic mass is 9.88. The summed E-state index contributed by atoms with van der Waals surface area (Å²) in [5.74, 6) is 1.36. The number of ketones is 1. The Labute approximate surface area is 152 Å². The van der Waals surface area contributed by atoms with Gasteiger partial charge in [-0.05, 0) is 56.4 Å². The number of hydrogen-bond donors (Lipinski definition) is 1. The van der Waals surface area contributed by atoms with Gasteiger partial charge in [0.05, 0.1) is 6.10 Å². The van der Waals surface area contributed by atoms with E-state index in [-0.39, 0.29) is 23.7 Å². The molecular weight excluding hydrogens is 314 g/mol.